The van der Waals surface area contributed by atoms with Crippen LogP contribution in [0, 0.1) is 11.7 Å². The molecule has 0 saturated heterocycles. The average molecular weight is 345 g/mol. The first-order chi connectivity index (χ1) is 12.0. The molecule has 6 heteroatoms. The van der Waals surface area contributed by atoms with Gasteiger partial charge in [0.25, 0.3) is 5.91 Å². The molecule has 134 valence electrons. The molecule has 1 aromatic carbocycles. The maximum absolute atomic E-state index is 14.0. The van der Waals surface area contributed by atoms with Crippen LogP contribution in [0.2, 0.25) is 0 Å². The van der Waals surface area contributed by atoms with E-state index in [4.69, 9.17) is 4.42 Å². The summed E-state index contributed by atoms with van der Waals surface area (Å²) in [6, 6.07) is 6.85. The summed E-state index contributed by atoms with van der Waals surface area (Å²) < 4.78 is 19.4. The van der Waals surface area contributed by atoms with Gasteiger partial charge in [-0.05, 0) is 38.7 Å². The highest BCUT2D eigenvalue weighted by atomic mass is 19.1. The molecule has 1 aliphatic carbocycles. The molecule has 0 aliphatic heterocycles. The standard InChI is InChI=1S/C19H24FN3O2/c1-13(2)21-19(24)17-12-25-18(22-17)11-23(9-14-7-8-14)10-15-5-3-4-6-16(15)20/h3-6,12-14H,7-11H2,1-2H3,(H,21,24). The van der Waals surface area contributed by atoms with Crippen molar-refractivity contribution in [3.8, 4) is 0 Å². The Hall–Kier alpha value is -2.21. The first-order valence-corrected chi connectivity index (χ1v) is 8.72. The maximum atomic E-state index is 14.0. The van der Waals surface area contributed by atoms with Crippen LogP contribution in [0.3, 0.4) is 0 Å². The van der Waals surface area contributed by atoms with Crippen molar-refractivity contribution in [2.24, 2.45) is 5.92 Å². The van der Waals surface area contributed by atoms with Crippen LogP contribution in [-0.4, -0.2) is 28.4 Å². The van der Waals surface area contributed by atoms with E-state index in [9.17, 15) is 9.18 Å². The number of nitrogens with one attached hydrogen (secondary N) is 1. The fourth-order valence-corrected chi connectivity index (χ4v) is 2.73. The molecule has 0 unspecified atom stereocenters. The lowest BCUT2D eigenvalue weighted by atomic mass is 10.2. The van der Waals surface area contributed by atoms with Crippen molar-refractivity contribution in [2.45, 2.75) is 45.8 Å². The van der Waals surface area contributed by atoms with Gasteiger partial charge in [-0.15, -0.1) is 0 Å². The predicted molar refractivity (Wildman–Crippen MR) is 92.3 cm³/mol. The zero-order chi connectivity index (χ0) is 17.8. The van der Waals surface area contributed by atoms with Gasteiger partial charge in [-0.2, -0.15) is 0 Å². The Morgan fingerprint density at radius 1 is 1.36 bits per heavy atom. The first kappa shape index (κ1) is 17.6. The predicted octanol–water partition coefficient (Wildman–Crippen LogP) is 3.36. The Morgan fingerprint density at radius 2 is 2.12 bits per heavy atom. The Kier molecular flexibility index (Phi) is 5.48. The number of aromatic nitrogens is 1. The number of benzene rings is 1. The number of nitrogens with zero attached hydrogens (tertiary/aromatic N) is 2. The largest absolute Gasteiger partial charge is 0.447 e. The zero-order valence-electron chi connectivity index (χ0n) is 14.7. The monoisotopic (exact) mass is 345 g/mol. The van der Waals surface area contributed by atoms with E-state index < -0.39 is 0 Å². The van der Waals surface area contributed by atoms with Gasteiger partial charge < -0.3 is 9.73 Å². The van der Waals surface area contributed by atoms with Gasteiger partial charge in [0.05, 0.1) is 6.54 Å². The lowest BCUT2D eigenvalue weighted by Gasteiger charge is -2.20. The molecule has 25 heavy (non-hydrogen) atoms. The number of hydrogen-bond donors (Lipinski definition) is 1. The number of halogens is 1. The van der Waals surface area contributed by atoms with E-state index in [0.717, 1.165) is 6.54 Å². The van der Waals surface area contributed by atoms with E-state index in [1.54, 1.807) is 12.1 Å². The van der Waals surface area contributed by atoms with Gasteiger partial charge in [0, 0.05) is 24.7 Å². The van der Waals surface area contributed by atoms with E-state index >= 15 is 0 Å². The van der Waals surface area contributed by atoms with Crippen LogP contribution in [0.1, 0.15) is 48.6 Å². The summed E-state index contributed by atoms with van der Waals surface area (Å²) in [6.45, 7) is 5.62. The number of hydrogen-bond acceptors (Lipinski definition) is 4. The summed E-state index contributed by atoms with van der Waals surface area (Å²) in [5.41, 5.74) is 0.938. The van der Waals surface area contributed by atoms with E-state index in [1.807, 2.05) is 19.9 Å². The third-order valence-corrected chi connectivity index (χ3v) is 4.13. The van der Waals surface area contributed by atoms with Crippen LogP contribution >= 0.6 is 0 Å². The highest BCUT2D eigenvalue weighted by molar-refractivity contribution is 5.92. The molecule has 0 bridgehead atoms. The lowest BCUT2D eigenvalue weighted by Crippen LogP contribution is -2.30. The molecule has 1 aromatic heterocycles. The minimum absolute atomic E-state index is 0.0417. The van der Waals surface area contributed by atoms with Crippen LogP contribution in [0.4, 0.5) is 4.39 Å². The molecule has 0 spiro atoms. The number of carbonyl (C=O) groups excluding carboxylic acids is 1. The number of oxazole rings is 1. The lowest BCUT2D eigenvalue weighted by molar-refractivity contribution is 0.0938. The number of carbonyl (C=O) groups is 1. The normalized spacial score (nSPS) is 14.3. The quantitative estimate of drug-likeness (QED) is 0.797. The molecule has 3 rings (SSSR count). The van der Waals surface area contributed by atoms with Gasteiger partial charge >= 0.3 is 0 Å². The van der Waals surface area contributed by atoms with Gasteiger partial charge in [0.2, 0.25) is 5.89 Å². The molecule has 0 atom stereocenters. The summed E-state index contributed by atoms with van der Waals surface area (Å²) >= 11 is 0. The van der Waals surface area contributed by atoms with Gasteiger partial charge in [-0.1, -0.05) is 18.2 Å². The summed E-state index contributed by atoms with van der Waals surface area (Å²) in [6.07, 6.45) is 3.80. The molecule has 0 radical (unpaired) electrons. The Balaban J connectivity index is 1.67. The van der Waals surface area contributed by atoms with E-state index in [-0.39, 0.29) is 23.5 Å². The Morgan fingerprint density at radius 3 is 2.80 bits per heavy atom. The fourth-order valence-electron chi connectivity index (χ4n) is 2.73. The van der Waals surface area contributed by atoms with Crippen molar-refractivity contribution >= 4 is 5.91 Å². The zero-order valence-corrected chi connectivity index (χ0v) is 14.7. The van der Waals surface area contributed by atoms with Gasteiger partial charge in [0.1, 0.15) is 12.1 Å². The van der Waals surface area contributed by atoms with E-state index in [1.165, 1.54) is 25.2 Å². The Bertz CT molecular complexity index is 725. The van der Waals surface area contributed by atoms with Crippen molar-refractivity contribution in [3.05, 3.63) is 53.5 Å². The third-order valence-electron chi connectivity index (χ3n) is 4.13. The summed E-state index contributed by atoms with van der Waals surface area (Å²) in [5, 5.41) is 2.79. The molecule has 1 amide bonds. The number of amides is 1. The Labute approximate surface area is 147 Å². The SMILES string of the molecule is CC(C)NC(=O)c1coc(CN(Cc2ccccc2F)CC2CC2)n1. The van der Waals surface area contributed by atoms with Gasteiger partial charge in [-0.25, -0.2) is 9.37 Å². The van der Waals surface area contributed by atoms with Crippen LogP contribution in [0.15, 0.2) is 34.9 Å². The van der Waals surface area contributed by atoms with Crippen molar-refractivity contribution in [1.82, 2.24) is 15.2 Å². The molecule has 1 heterocycles. The van der Waals surface area contributed by atoms with Crippen LogP contribution in [0.5, 0.6) is 0 Å². The van der Waals surface area contributed by atoms with Crippen LogP contribution in [0.25, 0.3) is 0 Å². The molecule has 1 fully saturated rings. The highest BCUT2D eigenvalue weighted by Gasteiger charge is 2.26. The minimum atomic E-state index is -0.243. The summed E-state index contributed by atoms with van der Waals surface area (Å²) in [5.74, 6) is 0.692. The average Bonchev–Trinajstić information content (AvgIpc) is 3.24. The molecule has 1 N–H and O–H groups in total. The van der Waals surface area contributed by atoms with Gasteiger partial charge in [-0.3, -0.25) is 9.69 Å². The molecular weight excluding hydrogens is 321 g/mol. The first-order valence-electron chi connectivity index (χ1n) is 8.72. The second-order valence-corrected chi connectivity index (χ2v) is 6.96. The summed E-state index contributed by atoms with van der Waals surface area (Å²) in [7, 11) is 0. The fraction of sp³-hybridized carbons (Fsp3) is 0.474. The van der Waals surface area contributed by atoms with Crippen molar-refractivity contribution in [3.63, 3.8) is 0 Å². The third kappa shape index (κ3) is 5.13. The van der Waals surface area contributed by atoms with Crippen molar-refractivity contribution in [1.29, 1.82) is 0 Å². The van der Waals surface area contributed by atoms with Crippen LogP contribution < -0.4 is 5.32 Å². The van der Waals surface area contributed by atoms with E-state index in [2.05, 4.69) is 15.2 Å². The summed E-state index contributed by atoms with van der Waals surface area (Å²) in [4.78, 5) is 18.4. The molecule has 5 nitrogen and oxygen atoms in total. The second-order valence-electron chi connectivity index (χ2n) is 6.96. The van der Waals surface area contributed by atoms with Gasteiger partial charge in [0.15, 0.2) is 5.69 Å². The molecular formula is C19H24FN3O2. The second kappa shape index (κ2) is 7.78. The minimum Gasteiger partial charge on any atom is -0.447 e. The van der Waals surface area contributed by atoms with Crippen LogP contribution in [-0.2, 0) is 13.1 Å². The van der Waals surface area contributed by atoms with E-state index in [0.29, 0.717) is 30.5 Å². The highest BCUT2D eigenvalue weighted by Crippen LogP contribution is 2.30. The van der Waals surface area contributed by atoms with Crippen molar-refractivity contribution in [2.75, 3.05) is 6.54 Å². The number of rotatable bonds is 8. The maximum Gasteiger partial charge on any atom is 0.273 e. The smallest absolute Gasteiger partial charge is 0.273 e. The molecule has 1 saturated carbocycles. The molecule has 1 aliphatic rings. The molecule has 2 aromatic rings. The van der Waals surface area contributed by atoms with Crippen molar-refractivity contribution < 1.29 is 13.6 Å². The topological polar surface area (TPSA) is 58.4 Å².